The van der Waals surface area contributed by atoms with Crippen molar-refractivity contribution in [1.29, 1.82) is 0 Å². The molecule has 0 amide bonds. The Morgan fingerprint density at radius 2 is 2.03 bits per heavy atom. The maximum absolute atomic E-state index is 13.3. The van der Waals surface area contributed by atoms with E-state index in [0.717, 1.165) is 23.1 Å². The predicted octanol–water partition coefficient (Wildman–Crippen LogP) is 4.61. The maximum Gasteiger partial charge on any atom is 0.184 e. The van der Waals surface area contributed by atoms with Crippen molar-refractivity contribution in [2.75, 3.05) is 26.1 Å². The van der Waals surface area contributed by atoms with Gasteiger partial charge in [-0.15, -0.1) is 0 Å². The van der Waals surface area contributed by atoms with Crippen LogP contribution in [-0.4, -0.2) is 41.6 Å². The normalized spacial score (nSPS) is 12.2. The Morgan fingerprint density at radius 1 is 1.20 bits per heavy atom. The summed E-state index contributed by atoms with van der Waals surface area (Å²) in [6, 6.07) is 6.73. The molecule has 2 aromatic heterocycles. The van der Waals surface area contributed by atoms with Crippen LogP contribution in [0.4, 0.5) is 10.2 Å². The van der Waals surface area contributed by atoms with E-state index in [-0.39, 0.29) is 5.82 Å². The van der Waals surface area contributed by atoms with Gasteiger partial charge in [0.2, 0.25) is 0 Å². The molecule has 0 atom stereocenters. The number of ether oxygens (including phenoxy) is 2. The highest BCUT2D eigenvalue weighted by atomic mass is 19.1. The van der Waals surface area contributed by atoms with E-state index >= 15 is 0 Å². The van der Waals surface area contributed by atoms with Crippen LogP contribution in [0.2, 0.25) is 0 Å². The van der Waals surface area contributed by atoms with Crippen LogP contribution in [0.25, 0.3) is 22.2 Å². The van der Waals surface area contributed by atoms with Gasteiger partial charge < -0.3 is 14.8 Å². The number of halogens is 1. The zero-order valence-electron chi connectivity index (χ0n) is 17.4. The summed E-state index contributed by atoms with van der Waals surface area (Å²) < 4.78 is 24.0. The average molecular weight is 409 g/mol. The first-order valence-corrected chi connectivity index (χ1v) is 9.52. The minimum atomic E-state index is -0.389. The first kappa shape index (κ1) is 21.2. The molecule has 0 saturated carbocycles. The van der Waals surface area contributed by atoms with E-state index in [4.69, 9.17) is 9.47 Å². The molecule has 0 bridgehead atoms. The number of aliphatic imine (C=N–C) groups is 1. The minimum Gasteiger partial charge on any atom is -0.494 e. The van der Waals surface area contributed by atoms with Crippen molar-refractivity contribution >= 4 is 22.6 Å². The molecule has 1 aromatic carbocycles. The van der Waals surface area contributed by atoms with Crippen LogP contribution in [0, 0.1) is 5.82 Å². The molecular formula is C22H24FN5O2. The van der Waals surface area contributed by atoms with Crippen LogP contribution in [0.5, 0.6) is 5.75 Å². The topological polar surface area (TPSA) is 81.5 Å². The highest BCUT2D eigenvalue weighted by Gasteiger charge is 2.13. The fourth-order valence-corrected chi connectivity index (χ4v) is 2.94. The first-order chi connectivity index (χ1) is 14.5. The largest absolute Gasteiger partial charge is 0.494 e. The van der Waals surface area contributed by atoms with Gasteiger partial charge in [-0.25, -0.2) is 19.4 Å². The molecule has 0 aliphatic carbocycles. The summed E-state index contributed by atoms with van der Waals surface area (Å²) in [5.41, 5.74) is 2.90. The first-order valence-electron chi connectivity index (χ1n) is 9.52. The highest BCUT2D eigenvalue weighted by Crippen LogP contribution is 2.33. The zero-order valence-corrected chi connectivity index (χ0v) is 17.4. The minimum absolute atomic E-state index is 0.389. The van der Waals surface area contributed by atoms with Crippen molar-refractivity contribution in [3.8, 4) is 17.0 Å². The lowest BCUT2D eigenvalue weighted by molar-refractivity contribution is 0.399. The van der Waals surface area contributed by atoms with Crippen molar-refractivity contribution in [2.24, 2.45) is 4.99 Å². The lowest BCUT2D eigenvalue weighted by Gasteiger charge is -2.13. The maximum atomic E-state index is 13.3. The molecule has 0 aliphatic rings. The third-order valence-corrected chi connectivity index (χ3v) is 4.42. The van der Waals surface area contributed by atoms with Gasteiger partial charge in [0, 0.05) is 17.9 Å². The number of nitrogens with zero attached hydrogens (tertiary/aromatic N) is 4. The van der Waals surface area contributed by atoms with Gasteiger partial charge in [0.25, 0.3) is 0 Å². The van der Waals surface area contributed by atoms with Crippen LogP contribution < -0.4 is 10.1 Å². The van der Waals surface area contributed by atoms with E-state index in [9.17, 15) is 4.39 Å². The molecule has 0 fully saturated rings. The fourth-order valence-electron chi connectivity index (χ4n) is 2.94. The van der Waals surface area contributed by atoms with E-state index in [0.29, 0.717) is 35.2 Å². The van der Waals surface area contributed by atoms with E-state index in [1.165, 1.54) is 18.6 Å². The second kappa shape index (κ2) is 9.78. The van der Waals surface area contributed by atoms with Gasteiger partial charge in [0.15, 0.2) is 5.90 Å². The van der Waals surface area contributed by atoms with Gasteiger partial charge in [-0.2, -0.15) is 0 Å². The molecule has 0 saturated heterocycles. The summed E-state index contributed by atoms with van der Waals surface area (Å²) in [7, 11) is 3.17. The molecule has 0 aliphatic heterocycles. The molecule has 3 aromatic rings. The molecule has 156 valence electrons. The third-order valence-electron chi connectivity index (χ3n) is 4.42. The summed E-state index contributed by atoms with van der Waals surface area (Å²) in [5.74, 6) is 1.40. The Bertz CT molecular complexity index is 1080. The summed E-state index contributed by atoms with van der Waals surface area (Å²) in [4.78, 5) is 17.4. The summed E-state index contributed by atoms with van der Waals surface area (Å²) in [6.45, 7) is 4.31. The Balaban J connectivity index is 2.01. The summed E-state index contributed by atoms with van der Waals surface area (Å²) in [5, 5.41) is 4.09. The number of hydrogen-bond donors (Lipinski definition) is 1. The highest BCUT2D eigenvalue weighted by molar-refractivity contribution is 5.96. The molecule has 0 spiro atoms. The number of allylic oxidation sites excluding steroid dienone is 1. The Morgan fingerprint density at radius 3 is 2.70 bits per heavy atom. The van der Waals surface area contributed by atoms with E-state index in [1.807, 2.05) is 25.1 Å². The lowest BCUT2D eigenvalue weighted by Crippen LogP contribution is -2.08. The van der Waals surface area contributed by atoms with Crippen molar-refractivity contribution < 1.29 is 13.9 Å². The number of aromatic nitrogens is 3. The van der Waals surface area contributed by atoms with Gasteiger partial charge in [0.05, 0.1) is 38.4 Å². The van der Waals surface area contributed by atoms with Gasteiger partial charge in [-0.05, 0) is 30.7 Å². The Kier molecular flexibility index (Phi) is 6.90. The Hall–Kier alpha value is -3.55. The summed E-state index contributed by atoms with van der Waals surface area (Å²) >= 11 is 0. The predicted molar refractivity (Wildman–Crippen MR) is 116 cm³/mol. The Labute approximate surface area is 174 Å². The molecular weight excluding hydrogens is 385 g/mol. The standard InChI is InChI=1S/C22H24FN5O2/c1-5-6-17(28-14(2)29-3)12-25-22-18-9-15(19-8-7-16(23)11-24-19)10-20(30-4)21(18)26-13-27-22/h6-11,13H,5,12H2,1-4H3,(H,25,26,27)/b17-6+,28-14?. The van der Waals surface area contributed by atoms with Crippen molar-refractivity contribution in [2.45, 2.75) is 20.3 Å². The van der Waals surface area contributed by atoms with Crippen LogP contribution in [-0.2, 0) is 4.74 Å². The quantitative estimate of drug-likeness (QED) is 0.453. The van der Waals surface area contributed by atoms with Gasteiger partial charge in [0.1, 0.15) is 29.2 Å². The number of rotatable bonds is 7. The number of nitrogens with one attached hydrogen (secondary N) is 1. The monoisotopic (exact) mass is 409 g/mol. The smallest absolute Gasteiger partial charge is 0.184 e. The second-order valence-corrected chi connectivity index (χ2v) is 6.45. The van der Waals surface area contributed by atoms with Gasteiger partial charge in [-0.1, -0.05) is 13.0 Å². The molecule has 0 radical (unpaired) electrons. The number of methoxy groups -OCH3 is 2. The van der Waals surface area contributed by atoms with Crippen molar-refractivity contribution in [1.82, 2.24) is 15.0 Å². The average Bonchev–Trinajstić information content (AvgIpc) is 2.77. The number of anilines is 1. The molecule has 8 heteroatoms. The van der Waals surface area contributed by atoms with E-state index in [2.05, 4.69) is 25.3 Å². The number of benzene rings is 1. The van der Waals surface area contributed by atoms with Crippen molar-refractivity contribution in [3.63, 3.8) is 0 Å². The van der Waals surface area contributed by atoms with Crippen LogP contribution in [0.3, 0.4) is 0 Å². The second-order valence-electron chi connectivity index (χ2n) is 6.45. The number of fused-ring (bicyclic) bond motifs is 1. The molecule has 1 N–H and O–H groups in total. The van der Waals surface area contributed by atoms with E-state index < -0.39 is 0 Å². The third kappa shape index (κ3) is 4.89. The van der Waals surface area contributed by atoms with Crippen molar-refractivity contribution in [3.05, 3.63) is 54.4 Å². The fraction of sp³-hybridized carbons (Fsp3) is 0.273. The van der Waals surface area contributed by atoms with Crippen LogP contribution in [0.1, 0.15) is 20.3 Å². The van der Waals surface area contributed by atoms with Crippen LogP contribution >= 0.6 is 0 Å². The number of hydrogen-bond acceptors (Lipinski definition) is 7. The molecule has 0 unspecified atom stereocenters. The SMILES string of the molecule is CC/C=C(\CNc1ncnc2c(OC)cc(-c3ccc(F)cn3)cc12)N=C(C)OC. The van der Waals surface area contributed by atoms with E-state index in [1.54, 1.807) is 27.2 Å². The molecule has 2 heterocycles. The summed E-state index contributed by atoms with van der Waals surface area (Å²) in [6.07, 6.45) is 5.53. The van der Waals surface area contributed by atoms with Gasteiger partial charge in [-0.3, -0.25) is 4.98 Å². The molecule has 3 rings (SSSR count). The van der Waals surface area contributed by atoms with Gasteiger partial charge >= 0.3 is 0 Å². The lowest BCUT2D eigenvalue weighted by atomic mass is 10.1. The number of pyridine rings is 1. The molecule has 30 heavy (non-hydrogen) atoms. The molecule has 7 nitrogen and oxygen atoms in total. The zero-order chi connectivity index (χ0) is 21.5. The van der Waals surface area contributed by atoms with Crippen LogP contribution in [0.15, 0.2) is 53.6 Å².